The minimum absolute atomic E-state index is 0.406. The Balaban J connectivity index is 2.23. The lowest BCUT2D eigenvalue weighted by Crippen LogP contribution is -2.64. The molecule has 0 aromatic carbocycles. The first-order valence-electron chi connectivity index (χ1n) is 7.39. The molecule has 2 atom stereocenters. The number of hydrogen-bond donors (Lipinski definition) is 0. The minimum atomic E-state index is 0.406. The molecule has 2 aliphatic rings. The summed E-state index contributed by atoms with van der Waals surface area (Å²) in [4.78, 5) is 0. The van der Waals surface area contributed by atoms with Crippen molar-refractivity contribution >= 4 is 0 Å². The molecule has 1 nitrogen and oxygen atoms in total. The lowest BCUT2D eigenvalue weighted by molar-refractivity contribution is -0.964. The summed E-state index contributed by atoms with van der Waals surface area (Å²) in [5, 5.41) is 0. The van der Waals surface area contributed by atoms with Crippen LogP contribution in [0.25, 0.3) is 0 Å². The van der Waals surface area contributed by atoms with E-state index in [4.69, 9.17) is 0 Å². The average Bonchev–Trinajstić information content (AvgIpc) is 2.37. The molecule has 1 saturated heterocycles. The largest absolute Gasteiger partial charge is 0.321 e. The number of piperidine rings is 1. The number of quaternary nitrogens is 1. The van der Waals surface area contributed by atoms with Crippen molar-refractivity contribution in [1.29, 1.82) is 0 Å². The van der Waals surface area contributed by atoms with Crippen LogP contribution in [0.4, 0.5) is 0 Å². The van der Waals surface area contributed by atoms with E-state index in [0.717, 1.165) is 17.8 Å². The van der Waals surface area contributed by atoms with Gasteiger partial charge in [-0.1, -0.05) is 20.8 Å². The Morgan fingerprint density at radius 3 is 1.53 bits per heavy atom. The molecule has 1 saturated carbocycles. The van der Waals surface area contributed by atoms with E-state index < -0.39 is 0 Å². The second-order valence-corrected chi connectivity index (χ2v) is 8.92. The number of rotatable bonds is 0. The summed E-state index contributed by atoms with van der Waals surface area (Å²) in [5.74, 6) is 2.91. The maximum Gasteiger partial charge on any atom is 0.0905 e. The van der Waals surface area contributed by atoms with E-state index in [-0.39, 0.29) is 0 Å². The van der Waals surface area contributed by atoms with Gasteiger partial charge in [-0.05, 0) is 44.9 Å². The summed E-state index contributed by atoms with van der Waals surface area (Å²) in [7, 11) is 2.49. The molecule has 2 rings (SSSR count). The van der Waals surface area contributed by atoms with Gasteiger partial charge in [0.25, 0.3) is 0 Å². The quantitative estimate of drug-likeness (QED) is 0.561. The highest BCUT2D eigenvalue weighted by atomic mass is 15.4. The summed E-state index contributed by atoms with van der Waals surface area (Å²) in [5.41, 5.74) is 0.915. The third kappa shape index (κ3) is 2.16. The summed E-state index contributed by atoms with van der Waals surface area (Å²) in [6, 6.07) is 0. The van der Waals surface area contributed by atoms with Gasteiger partial charge in [0.05, 0.1) is 25.7 Å². The van der Waals surface area contributed by atoms with Gasteiger partial charge in [0.15, 0.2) is 0 Å². The van der Waals surface area contributed by atoms with Gasteiger partial charge in [0, 0.05) is 11.8 Å². The second kappa shape index (κ2) is 3.73. The predicted molar refractivity (Wildman–Crippen MR) is 74.8 cm³/mol. The van der Waals surface area contributed by atoms with Crippen LogP contribution in [0.3, 0.4) is 0 Å². The van der Waals surface area contributed by atoms with E-state index in [1.807, 2.05) is 0 Å². The normalized spacial score (nSPS) is 42.9. The number of hydrogen-bond acceptors (Lipinski definition) is 0. The van der Waals surface area contributed by atoms with Crippen molar-refractivity contribution < 1.29 is 4.48 Å². The van der Waals surface area contributed by atoms with Crippen LogP contribution in [0.1, 0.15) is 54.4 Å². The smallest absolute Gasteiger partial charge is 0.0905 e. The first-order valence-corrected chi connectivity index (χ1v) is 7.39. The fraction of sp³-hybridized carbons (Fsp3) is 1.00. The number of likely N-dealkylation sites (tertiary alicyclic amines) is 1. The van der Waals surface area contributed by atoms with Gasteiger partial charge >= 0.3 is 0 Å². The third-order valence-corrected chi connectivity index (χ3v) is 5.82. The van der Waals surface area contributed by atoms with Crippen LogP contribution >= 0.6 is 0 Å². The summed E-state index contributed by atoms with van der Waals surface area (Å²) in [6.07, 6.45) is 2.97. The molecule has 2 fully saturated rings. The van der Waals surface area contributed by atoms with Crippen molar-refractivity contribution in [3.8, 4) is 0 Å². The van der Waals surface area contributed by atoms with Crippen molar-refractivity contribution in [2.75, 3.05) is 20.1 Å². The predicted octanol–water partition coefficient (Wildman–Crippen LogP) is 3.93. The van der Waals surface area contributed by atoms with E-state index in [1.165, 1.54) is 30.4 Å². The molecule has 1 aliphatic carbocycles. The molecular weight excluding hydrogens is 206 g/mol. The molecule has 0 N–H and O–H groups in total. The van der Waals surface area contributed by atoms with Gasteiger partial charge in [-0.15, -0.1) is 0 Å². The fourth-order valence-corrected chi connectivity index (χ4v) is 4.65. The van der Waals surface area contributed by atoms with E-state index in [9.17, 15) is 0 Å². The number of nitrogens with zero attached hydrogens (tertiary/aromatic N) is 1. The number of fused-ring (bicyclic) bond motifs is 2. The molecule has 0 spiro atoms. The van der Waals surface area contributed by atoms with Crippen LogP contribution < -0.4 is 0 Å². The second-order valence-electron chi connectivity index (χ2n) is 8.92. The summed E-state index contributed by atoms with van der Waals surface area (Å²) in [6.45, 7) is 17.4. The summed E-state index contributed by atoms with van der Waals surface area (Å²) >= 11 is 0. The molecule has 0 aromatic heterocycles. The zero-order valence-corrected chi connectivity index (χ0v) is 13.0. The first kappa shape index (κ1) is 13.4. The Morgan fingerprint density at radius 2 is 1.24 bits per heavy atom. The van der Waals surface area contributed by atoms with Crippen LogP contribution in [-0.4, -0.2) is 30.2 Å². The van der Waals surface area contributed by atoms with Gasteiger partial charge in [-0.25, -0.2) is 0 Å². The highest BCUT2D eigenvalue weighted by molar-refractivity contribution is 4.95. The zero-order valence-electron chi connectivity index (χ0n) is 13.0. The lowest BCUT2D eigenvalue weighted by Gasteiger charge is -2.54. The standard InChI is InChI=1S/C16H32N/c1-15(2,3)14-12-8-9-13(14)11-17(7,10-12)16(4,5)6/h12-14H,8-11H2,1-7H3/q+1. The Morgan fingerprint density at radius 1 is 0.824 bits per heavy atom. The SMILES string of the molecule is CC(C)(C)C1C2CCC1C[N+](C)(C(C)(C)C)C2. The Bertz CT molecular complexity index is 278. The minimum Gasteiger partial charge on any atom is -0.321 e. The Hall–Kier alpha value is -0.0400. The van der Waals surface area contributed by atoms with E-state index in [1.54, 1.807) is 0 Å². The summed E-state index contributed by atoms with van der Waals surface area (Å²) < 4.78 is 1.29. The van der Waals surface area contributed by atoms with Crippen molar-refractivity contribution in [3.05, 3.63) is 0 Å². The average molecular weight is 238 g/mol. The Labute approximate surface area is 108 Å². The van der Waals surface area contributed by atoms with Crippen molar-refractivity contribution in [2.45, 2.75) is 59.9 Å². The van der Waals surface area contributed by atoms with Crippen LogP contribution in [0.5, 0.6) is 0 Å². The molecular formula is C16H32N+. The van der Waals surface area contributed by atoms with Crippen molar-refractivity contribution in [1.82, 2.24) is 0 Å². The molecule has 0 amide bonds. The van der Waals surface area contributed by atoms with Crippen molar-refractivity contribution in [3.63, 3.8) is 0 Å². The van der Waals surface area contributed by atoms with Gasteiger partial charge < -0.3 is 4.48 Å². The molecule has 1 heterocycles. The van der Waals surface area contributed by atoms with E-state index in [2.05, 4.69) is 48.6 Å². The molecule has 100 valence electrons. The highest BCUT2D eigenvalue weighted by Crippen LogP contribution is 2.53. The van der Waals surface area contributed by atoms with Crippen LogP contribution in [0.15, 0.2) is 0 Å². The van der Waals surface area contributed by atoms with E-state index >= 15 is 0 Å². The molecule has 1 heteroatoms. The van der Waals surface area contributed by atoms with Crippen LogP contribution in [0.2, 0.25) is 0 Å². The van der Waals surface area contributed by atoms with Gasteiger partial charge in [-0.3, -0.25) is 0 Å². The molecule has 0 radical (unpaired) electrons. The molecule has 2 bridgehead atoms. The van der Waals surface area contributed by atoms with E-state index in [0.29, 0.717) is 11.0 Å². The van der Waals surface area contributed by atoms with Gasteiger partial charge in [0.1, 0.15) is 0 Å². The topological polar surface area (TPSA) is 0 Å². The molecule has 17 heavy (non-hydrogen) atoms. The molecule has 1 aliphatic heterocycles. The van der Waals surface area contributed by atoms with Crippen LogP contribution in [-0.2, 0) is 0 Å². The van der Waals surface area contributed by atoms with Gasteiger partial charge in [-0.2, -0.15) is 0 Å². The first-order chi connectivity index (χ1) is 7.55. The van der Waals surface area contributed by atoms with Crippen molar-refractivity contribution in [2.24, 2.45) is 23.2 Å². The van der Waals surface area contributed by atoms with Crippen LogP contribution in [0, 0.1) is 23.2 Å². The highest BCUT2D eigenvalue weighted by Gasteiger charge is 2.54. The zero-order chi connectivity index (χ0) is 13.1. The third-order valence-electron chi connectivity index (χ3n) is 5.82. The molecule has 0 aromatic rings. The lowest BCUT2D eigenvalue weighted by atomic mass is 9.67. The fourth-order valence-electron chi connectivity index (χ4n) is 4.65. The maximum atomic E-state index is 2.49. The Kier molecular flexibility index (Phi) is 2.94. The van der Waals surface area contributed by atoms with Gasteiger partial charge in [0.2, 0.25) is 0 Å². The molecule has 2 unspecified atom stereocenters. The maximum absolute atomic E-state index is 2.49. The monoisotopic (exact) mass is 238 g/mol.